The number of rotatable bonds is 3. The van der Waals surface area contributed by atoms with E-state index in [2.05, 4.69) is 0 Å². The van der Waals surface area contributed by atoms with Crippen LogP contribution < -0.4 is 0 Å². The van der Waals surface area contributed by atoms with Gasteiger partial charge in [-0.25, -0.2) is 4.39 Å². The molecule has 0 amide bonds. The molecule has 104 valence electrons. The molecule has 0 saturated heterocycles. The highest BCUT2D eigenvalue weighted by Gasteiger charge is 2.42. The number of halogens is 2. The molecule has 0 unspecified atom stereocenters. The number of ketones is 1. The summed E-state index contributed by atoms with van der Waals surface area (Å²) >= 11 is 5.74. The predicted octanol–water partition coefficient (Wildman–Crippen LogP) is 3.93. The Morgan fingerprint density at radius 3 is 2.42 bits per heavy atom. The third kappa shape index (κ3) is 2.67. The molecular weight excluding hydrogens is 265 g/mol. The van der Waals surface area contributed by atoms with E-state index in [-0.39, 0.29) is 11.3 Å². The minimum Gasteiger partial charge on any atom is -0.297 e. The Bertz CT molecular complexity index is 481. The molecule has 0 N–H and O–H groups in total. The molecule has 1 aliphatic rings. The molecule has 2 nitrogen and oxygen atoms in total. The average molecular weight is 284 g/mol. The van der Waals surface area contributed by atoms with E-state index in [0.29, 0.717) is 5.02 Å². The molecule has 0 atom stereocenters. The van der Waals surface area contributed by atoms with Crippen LogP contribution in [0.2, 0.25) is 5.02 Å². The fourth-order valence-electron chi connectivity index (χ4n) is 2.94. The zero-order chi connectivity index (χ0) is 14.0. The van der Waals surface area contributed by atoms with Crippen LogP contribution in [0.4, 0.5) is 4.39 Å². The molecule has 19 heavy (non-hydrogen) atoms. The lowest BCUT2D eigenvalue weighted by Gasteiger charge is -2.41. The van der Waals surface area contributed by atoms with Crippen molar-refractivity contribution in [1.29, 1.82) is 0 Å². The topological polar surface area (TPSA) is 20.3 Å². The Morgan fingerprint density at radius 1 is 1.26 bits per heavy atom. The maximum absolute atomic E-state index is 14.0. The maximum Gasteiger partial charge on any atom is 0.185 e. The van der Waals surface area contributed by atoms with Gasteiger partial charge in [0.1, 0.15) is 5.82 Å². The number of Topliss-reactive ketones (excluding diaryl/α,β-unsaturated/α-hetero) is 1. The summed E-state index contributed by atoms with van der Waals surface area (Å²) in [5, 5.41) is 0.316. The van der Waals surface area contributed by atoms with Crippen LogP contribution >= 0.6 is 11.6 Å². The zero-order valence-corrected chi connectivity index (χ0v) is 12.1. The van der Waals surface area contributed by atoms with Gasteiger partial charge < -0.3 is 0 Å². The third-order valence-corrected chi connectivity index (χ3v) is 4.37. The molecule has 1 aromatic rings. The summed E-state index contributed by atoms with van der Waals surface area (Å²) in [6, 6.07) is 4.28. The molecule has 0 heterocycles. The minimum atomic E-state index is -0.563. The fraction of sp³-hybridized carbons (Fsp3) is 0.533. The molecule has 1 aromatic carbocycles. The minimum absolute atomic E-state index is 0.119. The van der Waals surface area contributed by atoms with Crippen molar-refractivity contribution in [3.8, 4) is 0 Å². The van der Waals surface area contributed by atoms with Gasteiger partial charge in [-0.3, -0.25) is 9.69 Å². The molecule has 2 rings (SSSR count). The van der Waals surface area contributed by atoms with E-state index in [1.807, 2.05) is 19.0 Å². The van der Waals surface area contributed by atoms with Crippen LogP contribution in [0.1, 0.15) is 42.5 Å². The molecule has 0 aromatic heterocycles. The van der Waals surface area contributed by atoms with Gasteiger partial charge in [-0.05, 0) is 45.1 Å². The lowest BCUT2D eigenvalue weighted by atomic mass is 9.75. The van der Waals surface area contributed by atoms with E-state index in [4.69, 9.17) is 11.6 Å². The molecule has 1 aliphatic carbocycles. The number of likely N-dealkylation sites (N-methyl/N-ethyl adjacent to an activating group) is 1. The first-order valence-electron chi connectivity index (χ1n) is 6.65. The predicted molar refractivity (Wildman–Crippen MR) is 75.2 cm³/mol. The van der Waals surface area contributed by atoms with Crippen molar-refractivity contribution < 1.29 is 9.18 Å². The van der Waals surface area contributed by atoms with Crippen molar-refractivity contribution in [2.75, 3.05) is 14.1 Å². The molecule has 0 spiro atoms. The van der Waals surface area contributed by atoms with E-state index < -0.39 is 11.4 Å². The fourth-order valence-corrected chi connectivity index (χ4v) is 3.10. The quantitative estimate of drug-likeness (QED) is 0.784. The molecule has 0 aliphatic heterocycles. The number of nitrogens with zero attached hydrogens (tertiary/aromatic N) is 1. The van der Waals surface area contributed by atoms with Gasteiger partial charge in [0.15, 0.2) is 5.78 Å². The Balaban J connectivity index is 2.39. The van der Waals surface area contributed by atoms with Gasteiger partial charge >= 0.3 is 0 Å². The summed E-state index contributed by atoms with van der Waals surface area (Å²) in [5.41, 5.74) is -0.410. The Morgan fingerprint density at radius 2 is 1.89 bits per heavy atom. The van der Waals surface area contributed by atoms with E-state index in [1.165, 1.54) is 12.1 Å². The Hall–Kier alpha value is -0.930. The Labute approximate surface area is 118 Å². The van der Waals surface area contributed by atoms with E-state index >= 15 is 0 Å². The van der Waals surface area contributed by atoms with Gasteiger partial charge in [0.25, 0.3) is 0 Å². The summed E-state index contributed by atoms with van der Waals surface area (Å²) in [6.07, 6.45) is 4.76. The van der Waals surface area contributed by atoms with Crippen LogP contribution in [0.15, 0.2) is 18.2 Å². The van der Waals surface area contributed by atoms with Crippen molar-refractivity contribution in [2.45, 2.75) is 37.6 Å². The summed E-state index contributed by atoms with van der Waals surface area (Å²) in [4.78, 5) is 14.7. The van der Waals surface area contributed by atoms with Crippen molar-refractivity contribution in [3.05, 3.63) is 34.6 Å². The van der Waals surface area contributed by atoms with Gasteiger partial charge in [-0.15, -0.1) is 0 Å². The van der Waals surface area contributed by atoms with Crippen LogP contribution in [0.25, 0.3) is 0 Å². The Kier molecular flexibility index (Phi) is 4.26. The number of hydrogen-bond donors (Lipinski definition) is 0. The highest BCUT2D eigenvalue weighted by atomic mass is 35.5. The standard InChI is InChI=1S/C15H19ClFNO/c1-18(2)15(8-4-3-5-9-15)14(19)12-7-6-11(16)10-13(12)17/h6-7,10H,3-5,8-9H2,1-2H3. The zero-order valence-electron chi connectivity index (χ0n) is 11.4. The number of hydrogen-bond acceptors (Lipinski definition) is 2. The number of carbonyl (C=O) groups is 1. The highest BCUT2D eigenvalue weighted by Crippen LogP contribution is 2.35. The summed E-state index contributed by atoms with van der Waals surface area (Å²) in [5.74, 6) is -0.643. The van der Waals surface area contributed by atoms with Crippen molar-refractivity contribution in [3.63, 3.8) is 0 Å². The van der Waals surface area contributed by atoms with Crippen molar-refractivity contribution >= 4 is 17.4 Å². The van der Waals surface area contributed by atoms with Crippen molar-refractivity contribution in [2.24, 2.45) is 0 Å². The first kappa shape index (κ1) is 14.5. The first-order chi connectivity index (χ1) is 8.97. The van der Waals surface area contributed by atoms with E-state index in [1.54, 1.807) is 6.07 Å². The van der Waals surface area contributed by atoms with Gasteiger partial charge in [0.2, 0.25) is 0 Å². The van der Waals surface area contributed by atoms with E-state index in [0.717, 1.165) is 32.1 Å². The smallest absolute Gasteiger partial charge is 0.185 e. The van der Waals surface area contributed by atoms with E-state index in [9.17, 15) is 9.18 Å². The molecule has 1 saturated carbocycles. The maximum atomic E-state index is 14.0. The monoisotopic (exact) mass is 283 g/mol. The van der Waals surface area contributed by atoms with Crippen LogP contribution in [-0.4, -0.2) is 30.3 Å². The van der Waals surface area contributed by atoms with Gasteiger partial charge in [0.05, 0.1) is 11.1 Å². The number of benzene rings is 1. The second kappa shape index (κ2) is 5.59. The lowest BCUT2D eigenvalue weighted by molar-refractivity contribution is 0.0559. The van der Waals surface area contributed by atoms with Gasteiger partial charge in [-0.1, -0.05) is 30.9 Å². The first-order valence-corrected chi connectivity index (χ1v) is 7.02. The summed E-state index contributed by atoms with van der Waals surface area (Å²) in [7, 11) is 3.80. The van der Waals surface area contributed by atoms with Crippen LogP contribution in [-0.2, 0) is 0 Å². The second-order valence-electron chi connectivity index (χ2n) is 5.44. The largest absolute Gasteiger partial charge is 0.297 e. The molecular formula is C15H19ClFNO. The third-order valence-electron chi connectivity index (χ3n) is 4.14. The summed E-state index contributed by atoms with van der Waals surface area (Å²) in [6.45, 7) is 0. The molecule has 0 bridgehead atoms. The van der Waals surface area contributed by atoms with Crippen LogP contribution in [0.5, 0.6) is 0 Å². The highest BCUT2D eigenvalue weighted by molar-refractivity contribution is 6.30. The van der Waals surface area contributed by atoms with Gasteiger partial charge in [0, 0.05) is 5.02 Å². The molecule has 0 radical (unpaired) electrons. The molecule has 4 heteroatoms. The number of carbonyl (C=O) groups excluding carboxylic acids is 1. The van der Waals surface area contributed by atoms with Crippen molar-refractivity contribution in [1.82, 2.24) is 4.90 Å². The van der Waals surface area contributed by atoms with Crippen LogP contribution in [0, 0.1) is 5.82 Å². The normalized spacial score (nSPS) is 18.6. The second-order valence-corrected chi connectivity index (χ2v) is 5.88. The average Bonchev–Trinajstić information content (AvgIpc) is 2.38. The molecule has 1 fully saturated rings. The lowest BCUT2D eigenvalue weighted by Crippen LogP contribution is -2.52. The SMILES string of the molecule is CN(C)C1(C(=O)c2ccc(Cl)cc2F)CCCCC1. The van der Waals surface area contributed by atoms with Crippen LogP contribution in [0.3, 0.4) is 0 Å². The van der Waals surface area contributed by atoms with Gasteiger partial charge in [-0.2, -0.15) is 0 Å². The summed E-state index contributed by atoms with van der Waals surface area (Å²) < 4.78 is 14.0.